The number of halogens is 4. The second-order valence-electron chi connectivity index (χ2n) is 7.51. The first-order chi connectivity index (χ1) is 18.3. The molecule has 2 aromatic carbocycles. The van der Waals surface area contributed by atoms with Crippen molar-refractivity contribution in [1.82, 2.24) is 0 Å². The van der Waals surface area contributed by atoms with Gasteiger partial charge >= 0.3 is 24.8 Å². The third kappa shape index (κ3) is 19.6. The number of benzene rings is 2. The third-order valence-electron chi connectivity index (χ3n) is 4.74. The number of hydrogen-bond donors (Lipinski definition) is 1. The van der Waals surface area contributed by atoms with E-state index >= 15 is 0 Å². The molecule has 2 rings (SSSR count). The van der Waals surface area contributed by atoms with E-state index in [4.69, 9.17) is 61.0 Å². The van der Waals surface area contributed by atoms with Crippen LogP contribution in [0.15, 0.2) is 73.2 Å². The summed E-state index contributed by atoms with van der Waals surface area (Å²) in [7, 11) is 0. The van der Waals surface area contributed by atoms with Gasteiger partial charge in [0.25, 0.3) is 0 Å². The fourth-order valence-electron chi connectivity index (χ4n) is 3.00. The second-order valence-corrected chi connectivity index (χ2v) is 9.02. The third-order valence-corrected chi connectivity index (χ3v) is 5.42. The quantitative estimate of drug-likeness (QED) is 0.127. The average molecular weight is 648 g/mol. The van der Waals surface area contributed by atoms with Crippen LogP contribution >= 0.6 is 46.4 Å². The van der Waals surface area contributed by atoms with Gasteiger partial charge in [0, 0.05) is 67.1 Å². The zero-order chi connectivity index (χ0) is 28.2. The monoisotopic (exact) mass is 646 g/mol. The number of carbonyl (C=O) groups is 2. The SMILES string of the molecule is CC(=O)/C=C/Oc1ccc(N(CCCl)CCCl)cc1.O.O=C(O)/C=C/Oc1ccc(N(CCCl)CCCl)cc1.[Li+].[OH-]. The van der Waals surface area contributed by atoms with Crippen molar-refractivity contribution in [1.29, 1.82) is 0 Å². The first kappa shape index (κ1) is 43.4. The van der Waals surface area contributed by atoms with Crippen molar-refractivity contribution in [2.75, 3.05) is 59.5 Å². The topological polar surface area (TPSA) is 141 Å². The number of alkyl halides is 4. The number of aliphatic carboxylic acids is 1. The molecule has 0 amide bonds. The van der Waals surface area contributed by atoms with Crippen LogP contribution in [0.25, 0.3) is 0 Å². The van der Waals surface area contributed by atoms with Gasteiger partial charge in [-0.25, -0.2) is 4.79 Å². The Hall–Kier alpha value is -2.06. The molecule has 0 aliphatic carbocycles. The fraction of sp³-hybridized carbons (Fsp3) is 0.333. The first-order valence-electron chi connectivity index (χ1n) is 11.7. The van der Waals surface area contributed by atoms with Crippen LogP contribution in [0.3, 0.4) is 0 Å². The van der Waals surface area contributed by atoms with Crippen LogP contribution < -0.4 is 38.1 Å². The minimum absolute atomic E-state index is 0. The van der Waals surface area contributed by atoms with Gasteiger partial charge in [-0.1, -0.05) is 0 Å². The largest absolute Gasteiger partial charge is 1.00 e. The van der Waals surface area contributed by atoms with Gasteiger partial charge in [0.05, 0.1) is 18.6 Å². The molecule has 0 bridgehead atoms. The van der Waals surface area contributed by atoms with E-state index in [1.165, 1.54) is 19.3 Å². The fourth-order valence-corrected chi connectivity index (χ4v) is 3.81. The minimum atomic E-state index is -1.05. The molecule has 0 heterocycles. The molecule has 4 N–H and O–H groups in total. The molecular formula is C27H35Cl4LiN2O7. The molecule has 0 unspecified atom stereocenters. The van der Waals surface area contributed by atoms with Crippen molar-refractivity contribution < 1.29 is 54.0 Å². The number of ketones is 1. The number of rotatable bonds is 16. The van der Waals surface area contributed by atoms with Gasteiger partial charge in [-0.2, -0.15) is 0 Å². The van der Waals surface area contributed by atoms with Gasteiger partial charge < -0.3 is 35.3 Å². The van der Waals surface area contributed by atoms with E-state index in [9.17, 15) is 9.59 Å². The predicted molar refractivity (Wildman–Crippen MR) is 164 cm³/mol. The van der Waals surface area contributed by atoms with E-state index in [-0.39, 0.29) is 35.6 Å². The Morgan fingerprint density at radius 3 is 1.29 bits per heavy atom. The summed E-state index contributed by atoms with van der Waals surface area (Å²) >= 11 is 23.0. The summed E-state index contributed by atoms with van der Waals surface area (Å²) in [6, 6.07) is 14.8. The molecule has 224 valence electrons. The van der Waals surface area contributed by atoms with Crippen LogP contribution in [0.5, 0.6) is 11.5 Å². The molecule has 0 fully saturated rings. The van der Waals surface area contributed by atoms with Crippen molar-refractivity contribution in [2.45, 2.75) is 6.92 Å². The molecule has 0 aromatic heterocycles. The number of carboxylic acids is 1. The number of carboxylic acid groups (broad SMARTS) is 1. The van der Waals surface area contributed by atoms with E-state index < -0.39 is 5.97 Å². The van der Waals surface area contributed by atoms with Crippen molar-refractivity contribution in [3.63, 3.8) is 0 Å². The predicted octanol–water partition coefficient (Wildman–Crippen LogP) is 2.40. The molecule has 9 nitrogen and oxygen atoms in total. The van der Waals surface area contributed by atoms with Gasteiger partial charge in [0.2, 0.25) is 0 Å². The maximum Gasteiger partial charge on any atom is 1.00 e. The summed E-state index contributed by atoms with van der Waals surface area (Å²) < 4.78 is 10.4. The van der Waals surface area contributed by atoms with Crippen molar-refractivity contribution in [2.24, 2.45) is 0 Å². The maximum atomic E-state index is 10.7. The van der Waals surface area contributed by atoms with Gasteiger partial charge in [-0.05, 0) is 55.5 Å². The van der Waals surface area contributed by atoms with Crippen LogP contribution in [-0.2, 0) is 9.59 Å². The Labute approximate surface area is 273 Å². The summed E-state index contributed by atoms with van der Waals surface area (Å²) in [6.45, 7) is 4.40. The van der Waals surface area contributed by atoms with Crippen molar-refractivity contribution >= 4 is 69.5 Å². The standard InChI is InChI=1S/C14H17Cl2NO2.C13H15Cl2NO3.Li.2H2O/c1-12(18)6-11-19-14-4-2-13(3-5-14)17(9-7-15)10-8-16;14-6-8-16(9-7-15)11-1-3-12(4-2-11)19-10-5-13(17)18;;;/h2-6,11H,7-10H2,1H3;1-5,10H,6-9H2,(H,17,18);;2*1H2/q;;+1;;/p-1/b11-6+;10-5+;;;. The second kappa shape index (κ2) is 26.8. The molecule has 41 heavy (non-hydrogen) atoms. The molecule has 0 atom stereocenters. The Morgan fingerprint density at radius 2 is 1.02 bits per heavy atom. The summed E-state index contributed by atoms with van der Waals surface area (Å²) in [5.74, 6) is 2.30. The van der Waals surface area contributed by atoms with Crippen molar-refractivity contribution in [3.8, 4) is 11.5 Å². The van der Waals surface area contributed by atoms with Crippen LogP contribution in [-0.4, -0.2) is 77.5 Å². The molecule has 14 heteroatoms. The Kier molecular flexibility index (Phi) is 28.4. The van der Waals surface area contributed by atoms with Crippen molar-refractivity contribution in [3.05, 3.63) is 73.2 Å². The molecular weight excluding hydrogens is 613 g/mol. The van der Waals surface area contributed by atoms with Crippen LogP contribution in [0, 0.1) is 0 Å². The van der Waals surface area contributed by atoms with E-state index in [1.54, 1.807) is 12.1 Å². The summed E-state index contributed by atoms with van der Waals surface area (Å²) in [4.78, 5) is 25.2. The van der Waals surface area contributed by atoms with E-state index in [2.05, 4.69) is 9.80 Å². The Bertz CT molecular complexity index is 920. The maximum absolute atomic E-state index is 10.7. The van der Waals surface area contributed by atoms with Gasteiger partial charge in [0.1, 0.15) is 11.5 Å². The van der Waals surface area contributed by atoms with Gasteiger partial charge in [0.15, 0.2) is 5.78 Å². The molecule has 0 aliphatic heterocycles. The molecule has 0 saturated heterocycles. The number of hydrogen-bond acceptors (Lipinski definition) is 7. The first-order valence-corrected chi connectivity index (χ1v) is 13.8. The van der Waals surface area contributed by atoms with Crippen LogP contribution in [0.2, 0.25) is 0 Å². The van der Waals surface area contributed by atoms with Gasteiger partial charge in [-0.15, -0.1) is 46.4 Å². The number of anilines is 2. The van der Waals surface area contributed by atoms with E-state index in [0.717, 1.165) is 36.8 Å². The number of ether oxygens (including phenoxy) is 2. The number of allylic oxidation sites excluding steroid dienone is 1. The molecule has 0 aliphatic rings. The molecule has 0 radical (unpaired) electrons. The Balaban J connectivity index is -0.000000656. The Morgan fingerprint density at radius 1 is 0.707 bits per heavy atom. The average Bonchev–Trinajstić information content (AvgIpc) is 2.89. The zero-order valence-corrected chi connectivity index (χ0v) is 26.0. The van der Waals surface area contributed by atoms with E-state index in [1.807, 2.05) is 36.4 Å². The number of carbonyl (C=O) groups excluding carboxylic acids is 1. The van der Waals surface area contributed by atoms with Gasteiger partial charge in [-0.3, -0.25) is 4.79 Å². The van der Waals surface area contributed by atoms with Crippen LogP contribution in [0.4, 0.5) is 11.4 Å². The molecule has 2 aromatic rings. The van der Waals surface area contributed by atoms with Crippen LogP contribution in [0.1, 0.15) is 6.92 Å². The molecule has 0 spiro atoms. The zero-order valence-electron chi connectivity index (χ0n) is 23.0. The summed E-state index contributed by atoms with van der Waals surface area (Å²) in [5.41, 5.74) is 2.04. The minimum Gasteiger partial charge on any atom is -0.870 e. The normalized spacial score (nSPS) is 9.88. The summed E-state index contributed by atoms with van der Waals surface area (Å²) in [5, 5.41) is 8.43. The van der Waals surface area contributed by atoms with E-state index in [0.29, 0.717) is 48.1 Å². The molecule has 0 saturated carbocycles. The number of nitrogens with zero attached hydrogens (tertiary/aromatic N) is 2. The summed E-state index contributed by atoms with van der Waals surface area (Å²) in [6.07, 6.45) is 4.82. The smallest absolute Gasteiger partial charge is 0.870 e.